The maximum atomic E-state index is 13.5. The molecule has 7 heteroatoms. The molecule has 2 aromatic carbocycles. The van der Waals surface area contributed by atoms with E-state index in [9.17, 15) is 9.59 Å². The lowest BCUT2D eigenvalue weighted by Gasteiger charge is -2.31. The number of anilines is 1. The molecule has 1 fully saturated rings. The van der Waals surface area contributed by atoms with Crippen LogP contribution in [0.25, 0.3) is 10.8 Å². The van der Waals surface area contributed by atoms with Crippen molar-refractivity contribution in [2.45, 2.75) is 26.4 Å². The zero-order valence-corrected chi connectivity index (χ0v) is 18.2. The van der Waals surface area contributed by atoms with Gasteiger partial charge in [0.1, 0.15) is 0 Å². The molecule has 0 N–H and O–H groups in total. The molecular weight excluding hydrogens is 392 g/mol. The Balaban J connectivity index is 1.68. The fraction of sp³-hybridized carbons (Fsp3) is 0.375. The van der Waals surface area contributed by atoms with Crippen molar-refractivity contribution in [3.8, 4) is 0 Å². The maximum Gasteiger partial charge on any atom is 0.274 e. The van der Waals surface area contributed by atoms with E-state index in [1.165, 1.54) is 4.68 Å². The molecule has 162 valence electrons. The van der Waals surface area contributed by atoms with Crippen molar-refractivity contribution < 1.29 is 9.53 Å². The van der Waals surface area contributed by atoms with Gasteiger partial charge < -0.3 is 14.5 Å². The van der Waals surface area contributed by atoms with E-state index in [1.807, 2.05) is 38.1 Å². The molecule has 7 nitrogen and oxygen atoms in total. The van der Waals surface area contributed by atoms with Gasteiger partial charge in [-0.2, -0.15) is 5.10 Å². The number of ether oxygens (including phenoxy) is 1. The molecule has 0 spiro atoms. The fourth-order valence-electron chi connectivity index (χ4n) is 3.98. The number of morpholine rings is 1. The first kappa shape index (κ1) is 21.1. The van der Waals surface area contributed by atoms with Gasteiger partial charge in [0.05, 0.1) is 24.6 Å². The largest absolute Gasteiger partial charge is 0.378 e. The van der Waals surface area contributed by atoms with Gasteiger partial charge in [-0.15, -0.1) is 0 Å². The quantitative estimate of drug-likeness (QED) is 0.635. The van der Waals surface area contributed by atoms with Crippen LogP contribution >= 0.6 is 0 Å². The summed E-state index contributed by atoms with van der Waals surface area (Å²) in [5.41, 5.74) is 2.31. The van der Waals surface area contributed by atoms with E-state index in [2.05, 4.69) is 22.1 Å². The van der Waals surface area contributed by atoms with Crippen LogP contribution in [0.1, 0.15) is 35.9 Å². The first-order valence-electron chi connectivity index (χ1n) is 10.6. The van der Waals surface area contributed by atoms with Gasteiger partial charge in [0.2, 0.25) is 0 Å². The van der Waals surface area contributed by atoms with Crippen LogP contribution in [0.2, 0.25) is 0 Å². The second kappa shape index (κ2) is 8.89. The van der Waals surface area contributed by atoms with Crippen LogP contribution in [-0.2, 0) is 11.3 Å². The molecule has 0 radical (unpaired) electrons. The summed E-state index contributed by atoms with van der Waals surface area (Å²) < 4.78 is 6.87. The van der Waals surface area contributed by atoms with E-state index in [4.69, 9.17) is 4.74 Å². The molecule has 1 aliphatic heterocycles. The van der Waals surface area contributed by atoms with Gasteiger partial charge in [0.25, 0.3) is 11.5 Å². The zero-order chi connectivity index (χ0) is 22.0. The third-order valence-electron chi connectivity index (χ3n) is 5.62. The first-order valence-corrected chi connectivity index (χ1v) is 10.6. The zero-order valence-electron chi connectivity index (χ0n) is 18.2. The number of fused-ring (bicyclic) bond motifs is 1. The van der Waals surface area contributed by atoms with Gasteiger partial charge in [-0.3, -0.25) is 9.59 Å². The second-order valence-corrected chi connectivity index (χ2v) is 8.13. The molecule has 2 heterocycles. The summed E-state index contributed by atoms with van der Waals surface area (Å²) in [6.07, 6.45) is 0. The number of nitrogens with zero attached hydrogens (tertiary/aromatic N) is 4. The normalized spacial score (nSPS) is 14.3. The monoisotopic (exact) mass is 420 g/mol. The lowest BCUT2D eigenvalue weighted by atomic mass is 10.1. The highest BCUT2D eigenvalue weighted by Gasteiger charge is 2.22. The number of hydrogen-bond donors (Lipinski definition) is 0. The summed E-state index contributed by atoms with van der Waals surface area (Å²) in [5, 5.41) is 5.56. The SMILES string of the molecule is CC(C)n1nc(C(=O)N(C)Cc2ccccc2N2CCOCC2)c2ccccc2c1=O. The molecule has 1 saturated heterocycles. The summed E-state index contributed by atoms with van der Waals surface area (Å²) in [4.78, 5) is 30.2. The molecule has 1 aromatic heterocycles. The molecule has 1 aliphatic rings. The predicted molar refractivity (Wildman–Crippen MR) is 122 cm³/mol. The molecule has 3 aromatic rings. The lowest BCUT2D eigenvalue weighted by Crippen LogP contribution is -2.37. The van der Waals surface area contributed by atoms with E-state index < -0.39 is 0 Å². The molecule has 0 aliphatic carbocycles. The number of rotatable bonds is 5. The molecular formula is C24H28N4O3. The van der Waals surface area contributed by atoms with Crippen LogP contribution in [0, 0.1) is 0 Å². The number of amides is 1. The fourth-order valence-corrected chi connectivity index (χ4v) is 3.98. The third-order valence-corrected chi connectivity index (χ3v) is 5.62. The highest BCUT2D eigenvalue weighted by Crippen LogP contribution is 2.24. The van der Waals surface area contributed by atoms with Gasteiger partial charge in [-0.1, -0.05) is 36.4 Å². The minimum absolute atomic E-state index is 0.143. The molecule has 31 heavy (non-hydrogen) atoms. The third kappa shape index (κ3) is 4.18. The number of aromatic nitrogens is 2. The summed E-state index contributed by atoms with van der Waals surface area (Å²) in [5.74, 6) is -0.206. The number of benzene rings is 2. The van der Waals surface area contributed by atoms with Crippen LogP contribution in [0.3, 0.4) is 0 Å². The molecule has 0 saturated carbocycles. The highest BCUT2D eigenvalue weighted by atomic mass is 16.5. The van der Waals surface area contributed by atoms with Crippen molar-refractivity contribution in [2.75, 3.05) is 38.3 Å². The van der Waals surface area contributed by atoms with Gasteiger partial charge >= 0.3 is 0 Å². The van der Waals surface area contributed by atoms with Crippen molar-refractivity contribution in [1.82, 2.24) is 14.7 Å². The Labute approximate surface area is 181 Å². The van der Waals surface area contributed by atoms with Crippen LogP contribution in [0.4, 0.5) is 5.69 Å². The minimum Gasteiger partial charge on any atom is -0.378 e. The van der Waals surface area contributed by atoms with E-state index in [1.54, 1.807) is 24.1 Å². The van der Waals surface area contributed by atoms with E-state index in [0.29, 0.717) is 36.2 Å². The van der Waals surface area contributed by atoms with E-state index in [-0.39, 0.29) is 17.5 Å². The first-order chi connectivity index (χ1) is 15.0. The average molecular weight is 421 g/mol. The Kier molecular flexibility index (Phi) is 6.04. The van der Waals surface area contributed by atoms with E-state index >= 15 is 0 Å². The van der Waals surface area contributed by atoms with E-state index in [0.717, 1.165) is 24.3 Å². The number of carbonyl (C=O) groups is 1. The van der Waals surface area contributed by atoms with Crippen molar-refractivity contribution in [2.24, 2.45) is 0 Å². The number of carbonyl (C=O) groups excluding carboxylic acids is 1. The van der Waals surface area contributed by atoms with Crippen LogP contribution in [0.5, 0.6) is 0 Å². The Bertz CT molecular complexity index is 1150. The maximum absolute atomic E-state index is 13.5. The Morgan fingerprint density at radius 1 is 1.06 bits per heavy atom. The van der Waals surface area contributed by atoms with Crippen LogP contribution in [-0.4, -0.2) is 53.9 Å². The van der Waals surface area contributed by atoms with Gasteiger partial charge in [-0.25, -0.2) is 4.68 Å². The standard InChI is InChI=1S/C24H28N4O3/c1-17(2)28-23(29)20-10-6-5-9-19(20)22(25-28)24(30)26(3)16-18-8-4-7-11-21(18)27-12-14-31-15-13-27/h4-11,17H,12-16H2,1-3H3. The molecule has 4 rings (SSSR count). The lowest BCUT2D eigenvalue weighted by molar-refractivity contribution is 0.0778. The van der Waals surface area contributed by atoms with Gasteiger partial charge in [0.15, 0.2) is 5.69 Å². The summed E-state index contributed by atoms with van der Waals surface area (Å²) in [6.45, 7) is 7.30. The second-order valence-electron chi connectivity index (χ2n) is 8.13. The number of para-hydroxylation sites is 1. The van der Waals surface area contributed by atoms with Gasteiger partial charge in [-0.05, 0) is 31.5 Å². The average Bonchev–Trinajstić information content (AvgIpc) is 2.80. The topological polar surface area (TPSA) is 67.7 Å². The Morgan fingerprint density at radius 2 is 1.71 bits per heavy atom. The highest BCUT2D eigenvalue weighted by molar-refractivity contribution is 6.04. The Hall–Kier alpha value is -3.19. The summed E-state index contributed by atoms with van der Waals surface area (Å²) >= 11 is 0. The smallest absolute Gasteiger partial charge is 0.274 e. The minimum atomic E-state index is -0.206. The molecule has 0 unspecified atom stereocenters. The van der Waals surface area contributed by atoms with Crippen LogP contribution < -0.4 is 10.5 Å². The molecule has 1 amide bonds. The Morgan fingerprint density at radius 3 is 2.42 bits per heavy atom. The predicted octanol–water partition coefficient (Wildman–Crippen LogP) is 3.09. The van der Waals surface area contributed by atoms with Crippen LogP contribution in [0.15, 0.2) is 53.3 Å². The van der Waals surface area contributed by atoms with Crippen molar-refractivity contribution in [1.29, 1.82) is 0 Å². The van der Waals surface area contributed by atoms with Crippen molar-refractivity contribution >= 4 is 22.4 Å². The molecule has 0 atom stereocenters. The molecule has 0 bridgehead atoms. The van der Waals surface area contributed by atoms with Crippen molar-refractivity contribution in [3.63, 3.8) is 0 Å². The summed E-state index contributed by atoms with van der Waals surface area (Å²) in [6, 6.07) is 15.2. The van der Waals surface area contributed by atoms with Gasteiger partial charge in [0, 0.05) is 37.8 Å². The summed E-state index contributed by atoms with van der Waals surface area (Å²) in [7, 11) is 1.78. The van der Waals surface area contributed by atoms with Crippen molar-refractivity contribution in [3.05, 3.63) is 70.1 Å². The number of hydrogen-bond acceptors (Lipinski definition) is 5.